The monoisotopic (exact) mass is 166 g/mol. The second-order valence-electron chi connectivity index (χ2n) is 2.68. The van der Waals surface area contributed by atoms with Gasteiger partial charge in [0, 0.05) is 19.5 Å². The largest absolute Gasteiger partial charge is 0.441 e. The summed E-state index contributed by atoms with van der Waals surface area (Å²) in [5.41, 5.74) is 0. The lowest BCUT2D eigenvalue weighted by molar-refractivity contribution is -0.0174. The summed E-state index contributed by atoms with van der Waals surface area (Å²) in [5, 5.41) is 0. The van der Waals surface area contributed by atoms with Crippen LogP contribution in [0.5, 0.6) is 0 Å². The molecule has 1 aliphatic heterocycles. The molecule has 0 aromatic heterocycles. The Balaban J connectivity index is 2.42. The maximum Gasteiger partial charge on any atom is 0.140 e. The first-order valence-corrected chi connectivity index (χ1v) is 3.79. The second kappa shape index (κ2) is 4.39. The number of hydrogen-bond donors (Lipinski definition) is 0. The summed E-state index contributed by atoms with van der Waals surface area (Å²) in [5.74, 6) is 0. The molecular weight excluding hydrogens is 155 g/mol. The number of methoxy groups -OCH3 is 1. The van der Waals surface area contributed by atoms with Gasteiger partial charge >= 0.3 is 0 Å². The Morgan fingerprint density at radius 2 is 2.50 bits per heavy atom. The van der Waals surface area contributed by atoms with Crippen molar-refractivity contribution in [3.63, 3.8) is 0 Å². The van der Waals surface area contributed by atoms with Gasteiger partial charge in [0.1, 0.15) is 26.2 Å². The molecule has 2 radical (unpaired) electrons. The molecule has 1 unspecified atom stereocenters. The van der Waals surface area contributed by atoms with Crippen LogP contribution in [0.3, 0.4) is 0 Å². The minimum absolute atomic E-state index is 0.134. The van der Waals surface area contributed by atoms with Crippen molar-refractivity contribution in [2.75, 3.05) is 13.7 Å². The molecule has 1 saturated heterocycles. The Labute approximate surface area is 73.8 Å². The summed E-state index contributed by atoms with van der Waals surface area (Å²) in [6.45, 7) is 0.458. The molecule has 0 aliphatic carbocycles. The molecule has 0 aromatic carbocycles. The van der Waals surface area contributed by atoms with Crippen molar-refractivity contribution >= 4 is 7.85 Å². The average Bonchev–Trinajstić information content (AvgIpc) is 2.33. The van der Waals surface area contributed by atoms with E-state index in [1.165, 1.54) is 0 Å². The van der Waals surface area contributed by atoms with Gasteiger partial charge in [0.2, 0.25) is 0 Å². The molecule has 0 saturated carbocycles. The van der Waals surface area contributed by atoms with Crippen LogP contribution >= 0.6 is 0 Å². The highest BCUT2D eigenvalue weighted by Gasteiger charge is 2.33. The molecule has 0 bridgehead atoms. The number of rotatable bonds is 3. The Morgan fingerprint density at radius 3 is 3.08 bits per heavy atom. The van der Waals surface area contributed by atoms with Crippen LogP contribution in [-0.2, 0) is 14.2 Å². The van der Waals surface area contributed by atoms with Crippen molar-refractivity contribution in [3.8, 4) is 12.5 Å². The molecule has 3 nitrogen and oxygen atoms in total. The molecule has 1 fully saturated rings. The quantitative estimate of drug-likeness (QED) is 0.432. The Morgan fingerprint density at radius 1 is 1.75 bits per heavy atom. The van der Waals surface area contributed by atoms with Crippen LogP contribution in [0.2, 0.25) is 0 Å². The number of terminal acetylenes is 1. The van der Waals surface area contributed by atoms with Gasteiger partial charge in [0.05, 0.1) is 6.61 Å². The molecule has 0 aromatic rings. The van der Waals surface area contributed by atoms with E-state index in [-0.39, 0.29) is 18.2 Å². The van der Waals surface area contributed by atoms with Crippen molar-refractivity contribution < 1.29 is 14.2 Å². The summed E-state index contributed by atoms with van der Waals surface area (Å²) in [7, 11) is 7.15. The van der Waals surface area contributed by atoms with Crippen molar-refractivity contribution in [1.29, 1.82) is 0 Å². The topological polar surface area (TPSA) is 27.7 Å². The predicted octanol–water partition coefficient (Wildman–Crippen LogP) is -0.108. The zero-order valence-electron chi connectivity index (χ0n) is 7.03. The minimum Gasteiger partial charge on any atom is -0.441 e. The van der Waals surface area contributed by atoms with Crippen molar-refractivity contribution in [2.45, 2.75) is 24.6 Å². The first-order chi connectivity index (χ1) is 5.77. The lowest BCUT2D eigenvalue weighted by atomic mass is 9.96. The van der Waals surface area contributed by atoms with E-state index in [2.05, 4.69) is 6.11 Å². The van der Waals surface area contributed by atoms with Crippen LogP contribution in [0.25, 0.3) is 0 Å². The lowest BCUT2D eigenvalue weighted by Gasteiger charge is -2.15. The van der Waals surface area contributed by atoms with Gasteiger partial charge in [-0.2, -0.15) is 0 Å². The molecule has 64 valence electrons. The Hall–Kier alpha value is -0.655. The zero-order valence-corrected chi connectivity index (χ0v) is 7.03. The van der Waals surface area contributed by atoms with Crippen LogP contribution in [-0.4, -0.2) is 39.8 Å². The van der Waals surface area contributed by atoms with E-state index < -0.39 is 0 Å². The van der Waals surface area contributed by atoms with Crippen molar-refractivity contribution in [1.82, 2.24) is 0 Å². The minimum atomic E-state index is -0.288. The van der Waals surface area contributed by atoms with Crippen molar-refractivity contribution in [2.24, 2.45) is 0 Å². The highest BCUT2D eigenvalue weighted by Crippen LogP contribution is 2.21. The number of hydrogen-bond acceptors (Lipinski definition) is 3. The third-order valence-corrected chi connectivity index (χ3v) is 1.78. The highest BCUT2D eigenvalue weighted by atomic mass is 16.6. The molecular formula is C8H11BO3. The molecule has 1 aliphatic rings. The third kappa shape index (κ3) is 2.16. The van der Waals surface area contributed by atoms with E-state index in [9.17, 15) is 0 Å². The van der Waals surface area contributed by atoms with Gasteiger partial charge in [-0.1, -0.05) is 6.42 Å². The summed E-state index contributed by atoms with van der Waals surface area (Å²) in [6, 6.07) is -0.288. The molecule has 12 heavy (non-hydrogen) atoms. The first-order valence-electron chi connectivity index (χ1n) is 3.79. The van der Waals surface area contributed by atoms with Gasteiger partial charge in [-0.3, -0.25) is 0 Å². The number of ether oxygens (including phenoxy) is 3. The van der Waals surface area contributed by atoms with Crippen LogP contribution in [0.15, 0.2) is 0 Å². The van der Waals surface area contributed by atoms with E-state index in [0.717, 1.165) is 0 Å². The van der Waals surface area contributed by atoms with E-state index in [1.807, 2.05) is 0 Å². The normalized spacial score (nSPS) is 34.5. The lowest BCUT2D eigenvalue weighted by Crippen LogP contribution is -2.27. The molecule has 0 amide bonds. The molecule has 4 heteroatoms. The summed E-state index contributed by atoms with van der Waals surface area (Å²) in [6.07, 6.45) is 7.48. The third-order valence-electron chi connectivity index (χ3n) is 1.78. The maximum absolute atomic E-state index is 5.55. The fourth-order valence-electron chi connectivity index (χ4n) is 1.27. The van der Waals surface area contributed by atoms with Crippen LogP contribution in [0, 0.1) is 12.5 Å². The average molecular weight is 166 g/mol. The molecule has 3 atom stereocenters. The highest BCUT2D eigenvalue weighted by molar-refractivity contribution is 6.11. The summed E-state index contributed by atoms with van der Waals surface area (Å²) < 4.78 is 15.2. The SMILES string of the molecule is [B][C@H]1CC(OC#C)[C@@H](COC)O1. The molecule has 1 heterocycles. The van der Waals surface area contributed by atoms with Crippen LogP contribution < -0.4 is 0 Å². The fraction of sp³-hybridized carbons (Fsp3) is 0.750. The van der Waals surface area contributed by atoms with Gasteiger partial charge in [-0.05, 0) is 0 Å². The van der Waals surface area contributed by atoms with E-state index in [1.54, 1.807) is 7.11 Å². The first kappa shape index (κ1) is 9.43. The maximum atomic E-state index is 5.55. The molecule has 0 spiro atoms. The summed E-state index contributed by atoms with van der Waals surface area (Å²) >= 11 is 0. The van der Waals surface area contributed by atoms with Gasteiger partial charge in [-0.25, -0.2) is 0 Å². The fourth-order valence-corrected chi connectivity index (χ4v) is 1.27. The Kier molecular flexibility index (Phi) is 3.45. The van der Waals surface area contributed by atoms with Crippen LogP contribution in [0.4, 0.5) is 0 Å². The van der Waals surface area contributed by atoms with Crippen molar-refractivity contribution in [3.05, 3.63) is 0 Å². The van der Waals surface area contributed by atoms with E-state index in [4.69, 9.17) is 28.5 Å². The predicted molar refractivity (Wildman–Crippen MR) is 44.6 cm³/mol. The zero-order chi connectivity index (χ0) is 8.97. The van der Waals surface area contributed by atoms with Gasteiger partial charge in [-0.15, -0.1) is 0 Å². The van der Waals surface area contributed by atoms with E-state index >= 15 is 0 Å². The standard InChI is InChI=1S/C8H11BO3/c1-3-11-6-4-8(9)12-7(6)5-10-2/h1,6-8H,4-5H2,2H3/t6?,7-,8-/m1/s1. The smallest absolute Gasteiger partial charge is 0.140 e. The van der Waals surface area contributed by atoms with E-state index in [0.29, 0.717) is 13.0 Å². The van der Waals surface area contributed by atoms with Gasteiger partial charge in [0.25, 0.3) is 0 Å². The molecule has 0 N–H and O–H groups in total. The second-order valence-corrected chi connectivity index (χ2v) is 2.68. The Bertz CT molecular complexity index is 178. The van der Waals surface area contributed by atoms with Gasteiger partial charge < -0.3 is 14.2 Å². The summed E-state index contributed by atoms with van der Waals surface area (Å²) in [4.78, 5) is 0. The molecule has 1 rings (SSSR count). The van der Waals surface area contributed by atoms with Crippen LogP contribution in [0.1, 0.15) is 6.42 Å². The van der Waals surface area contributed by atoms with Gasteiger partial charge in [0.15, 0.2) is 0 Å².